The molecule has 4 rings (SSSR count). The number of benzene rings is 2. The molecule has 1 aliphatic rings. The zero-order valence-electron chi connectivity index (χ0n) is 17.9. The van der Waals surface area contributed by atoms with Crippen molar-refractivity contribution in [1.29, 1.82) is 5.26 Å². The number of piperazine rings is 1. The third kappa shape index (κ3) is 5.08. The zero-order chi connectivity index (χ0) is 22.2. The van der Waals surface area contributed by atoms with E-state index in [4.69, 9.17) is 4.42 Å². The molecule has 3 aromatic rings. The van der Waals surface area contributed by atoms with Gasteiger partial charge in [-0.2, -0.15) is 5.26 Å². The summed E-state index contributed by atoms with van der Waals surface area (Å²) >= 11 is 0. The number of hydrogen-bond acceptors (Lipinski definition) is 5. The molecule has 1 aromatic heterocycles. The van der Waals surface area contributed by atoms with E-state index in [0.717, 1.165) is 18.8 Å². The second-order valence-electron chi connectivity index (χ2n) is 7.68. The van der Waals surface area contributed by atoms with E-state index in [1.54, 1.807) is 17.2 Å². The van der Waals surface area contributed by atoms with Gasteiger partial charge < -0.3 is 14.6 Å². The van der Waals surface area contributed by atoms with Crippen LogP contribution in [-0.4, -0.2) is 41.9 Å². The third-order valence-corrected chi connectivity index (χ3v) is 5.65. The van der Waals surface area contributed by atoms with Gasteiger partial charge in [0.05, 0.1) is 18.8 Å². The van der Waals surface area contributed by atoms with Gasteiger partial charge in [-0.3, -0.25) is 9.69 Å². The van der Waals surface area contributed by atoms with Gasteiger partial charge >= 0.3 is 0 Å². The van der Waals surface area contributed by atoms with Crippen molar-refractivity contribution in [2.75, 3.05) is 26.2 Å². The number of carbonyl (C=O) groups excluding carboxylic acids is 1. The zero-order valence-corrected chi connectivity index (χ0v) is 17.9. The first-order chi connectivity index (χ1) is 15.8. The highest BCUT2D eigenvalue weighted by Crippen LogP contribution is 2.29. The van der Waals surface area contributed by atoms with Gasteiger partial charge in [0.25, 0.3) is 5.91 Å². The maximum atomic E-state index is 12.9. The lowest BCUT2D eigenvalue weighted by molar-refractivity contribution is -0.128. The summed E-state index contributed by atoms with van der Waals surface area (Å²) in [7, 11) is 0. The summed E-state index contributed by atoms with van der Waals surface area (Å²) in [5.41, 5.74) is 2.57. The summed E-state index contributed by atoms with van der Waals surface area (Å²) < 4.78 is 5.26. The predicted octanol–water partition coefficient (Wildman–Crippen LogP) is 3.71. The number of nitrogens with zero attached hydrogens (tertiary/aromatic N) is 3. The van der Waals surface area contributed by atoms with E-state index >= 15 is 0 Å². The molecule has 0 aliphatic carbocycles. The summed E-state index contributed by atoms with van der Waals surface area (Å²) in [4.78, 5) is 17.1. The molecule has 0 saturated carbocycles. The van der Waals surface area contributed by atoms with Crippen molar-refractivity contribution in [3.8, 4) is 6.07 Å². The van der Waals surface area contributed by atoms with Gasteiger partial charge in [-0.1, -0.05) is 60.7 Å². The Labute approximate surface area is 188 Å². The highest BCUT2D eigenvalue weighted by Gasteiger charge is 2.29. The average Bonchev–Trinajstić information content (AvgIpc) is 3.37. The minimum atomic E-state index is -0.241. The molecule has 162 valence electrons. The smallest absolute Gasteiger partial charge is 0.266 e. The fourth-order valence-corrected chi connectivity index (χ4v) is 4.05. The highest BCUT2D eigenvalue weighted by molar-refractivity contribution is 5.97. The molecule has 0 spiro atoms. The van der Waals surface area contributed by atoms with Crippen molar-refractivity contribution in [1.82, 2.24) is 15.1 Å². The van der Waals surface area contributed by atoms with Crippen LogP contribution in [0.3, 0.4) is 0 Å². The monoisotopic (exact) mass is 426 g/mol. The van der Waals surface area contributed by atoms with Gasteiger partial charge in [0.15, 0.2) is 0 Å². The van der Waals surface area contributed by atoms with E-state index in [1.165, 1.54) is 17.3 Å². The Morgan fingerprint density at radius 1 is 0.969 bits per heavy atom. The molecule has 2 heterocycles. The summed E-state index contributed by atoms with van der Waals surface area (Å²) in [5.74, 6) is 0.502. The van der Waals surface area contributed by atoms with Crippen LogP contribution in [-0.2, 0) is 11.3 Å². The molecule has 0 atom stereocenters. The van der Waals surface area contributed by atoms with E-state index in [1.807, 2.05) is 24.3 Å². The lowest BCUT2D eigenvalue weighted by Crippen LogP contribution is -2.50. The van der Waals surface area contributed by atoms with E-state index in [0.29, 0.717) is 19.6 Å². The van der Waals surface area contributed by atoms with Gasteiger partial charge in [-0.15, -0.1) is 0 Å². The van der Waals surface area contributed by atoms with Crippen molar-refractivity contribution < 1.29 is 9.21 Å². The molecule has 2 aromatic carbocycles. The van der Waals surface area contributed by atoms with Gasteiger partial charge in [0.2, 0.25) is 0 Å². The quantitative estimate of drug-likeness (QED) is 0.461. The fourth-order valence-electron chi connectivity index (χ4n) is 4.05. The molecule has 0 bridgehead atoms. The lowest BCUT2D eigenvalue weighted by atomic mass is 9.96. The number of hydrogen-bond donors (Lipinski definition) is 1. The molecule has 1 aliphatic heterocycles. The number of amides is 1. The molecule has 32 heavy (non-hydrogen) atoms. The van der Waals surface area contributed by atoms with Crippen LogP contribution in [0.5, 0.6) is 0 Å². The maximum Gasteiger partial charge on any atom is 0.266 e. The van der Waals surface area contributed by atoms with E-state index in [2.05, 4.69) is 58.7 Å². The Hall–Kier alpha value is -3.82. The lowest BCUT2D eigenvalue weighted by Gasteiger charge is -2.39. The minimum Gasteiger partial charge on any atom is -0.467 e. The van der Waals surface area contributed by atoms with Crippen molar-refractivity contribution in [2.24, 2.45) is 0 Å². The molecule has 1 amide bonds. The first-order valence-electron chi connectivity index (χ1n) is 10.8. The van der Waals surface area contributed by atoms with Crippen LogP contribution in [0, 0.1) is 11.3 Å². The number of carbonyl (C=O) groups is 1. The van der Waals surface area contributed by atoms with E-state index < -0.39 is 0 Å². The Morgan fingerprint density at radius 3 is 2.12 bits per heavy atom. The maximum absolute atomic E-state index is 12.9. The molecule has 1 fully saturated rings. The van der Waals surface area contributed by atoms with E-state index in [-0.39, 0.29) is 17.5 Å². The second-order valence-corrected chi connectivity index (χ2v) is 7.68. The number of furan rings is 1. The summed E-state index contributed by atoms with van der Waals surface area (Å²) in [6.07, 6.45) is 3.07. The van der Waals surface area contributed by atoms with Gasteiger partial charge in [-0.05, 0) is 23.3 Å². The Balaban J connectivity index is 1.41. The number of nitrogens with one attached hydrogen (secondary N) is 1. The van der Waals surface area contributed by atoms with Crippen molar-refractivity contribution in [3.05, 3.63) is 108 Å². The standard InChI is InChI=1S/C26H26N4O2/c27-18-23(19-28-20-24-12-7-17-32-24)26(31)30-15-13-29(14-16-30)25(21-8-3-1-4-9-21)22-10-5-2-6-11-22/h1-12,17,19,25,28H,13-16,20H2/b23-19-. The molecule has 1 saturated heterocycles. The van der Waals surface area contributed by atoms with Crippen molar-refractivity contribution in [2.45, 2.75) is 12.6 Å². The van der Waals surface area contributed by atoms with Crippen LogP contribution < -0.4 is 5.32 Å². The van der Waals surface area contributed by atoms with E-state index in [9.17, 15) is 10.1 Å². The molecule has 1 N–H and O–H groups in total. The average molecular weight is 427 g/mol. The van der Waals surface area contributed by atoms with Crippen LogP contribution in [0.25, 0.3) is 0 Å². The highest BCUT2D eigenvalue weighted by atomic mass is 16.3. The largest absolute Gasteiger partial charge is 0.467 e. The molecule has 0 radical (unpaired) electrons. The Morgan fingerprint density at radius 2 is 1.59 bits per heavy atom. The predicted molar refractivity (Wildman–Crippen MR) is 122 cm³/mol. The van der Waals surface area contributed by atoms with Gasteiger partial charge in [-0.25, -0.2) is 0 Å². The van der Waals surface area contributed by atoms with Crippen LogP contribution in [0.4, 0.5) is 0 Å². The summed E-state index contributed by atoms with van der Waals surface area (Å²) in [5, 5.41) is 12.5. The van der Waals surface area contributed by atoms with Crippen LogP contribution in [0.15, 0.2) is 95.2 Å². The molecular formula is C26H26N4O2. The number of rotatable bonds is 7. The minimum absolute atomic E-state index is 0.104. The molecular weight excluding hydrogens is 400 g/mol. The van der Waals surface area contributed by atoms with Crippen LogP contribution in [0.1, 0.15) is 22.9 Å². The first kappa shape index (κ1) is 21.4. The van der Waals surface area contributed by atoms with Crippen LogP contribution in [0.2, 0.25) is 0 Å². The molecule has 6 heteroatoms. The topological polar surface area (TPSA) is 72.5 Å². The first-order valence-corrected chi connectivity index (χ1v) is 10.8. The molecule has 0 unspecified atom stereocenters. The molecule has 6 nitrogen and oxygen atoms in total. The fraction of sp³-hybridized carbons (Fsp3) is 0.231. The third-order valence-electron chi connectivity index (χ3n) is 5.65. The van der Waals surface area contributed by atoms with Crippen molar-refractivity contribution in [3.63, 3.8) is 0 Å². The SMILES string of the molecule is N#C/C(=C/NCc1ccco1)C(=O)N1CCN(C(c2ccccc2)c2ccccc2)CC1. The summed E-state index contributed by atoms with van der Waals surface area (Å²) in [6, 6.07) is 26.7. The summed E-state index contributed by atoms with van der Waals surface area (Å²) in [6.45, 7) is 3.05. The second kappa shape index (κ2) is 10.5. The normalized spacial score (nSPS) is 14.9. The Bertz CT molecular complexity index is 1020. The van der Waals surface area contributed by atoms with Crippen LogP contribution >= 0.6 is 0 Å². The Kier molecular flexibility index (Phi) is 7.01. The van der Waals surface area contributed by atoms with Gasteiger partial charge in [0, 0.05) is 32.4 Å². The van der Waals surface area contributed by atoms with Gasteiger partial charge in [0.1, 0.15) is 17.4 Å². The van der Waals surface area contributed by atoms with Crippen molar-refractivity contribution >= 4 is 5.91 Å². The number of nitriles is 1.